The molecular weight excluding hydrogens is 354 g/mol. The van der Waals surface area contributed by atoms with Gasteiger partial charge >= 0.3 is 6.03 Å². The Balaban J connectivity index is 1.32. The number of hydrogen-bond donors (Lipinski definition) is 0. The van der Waals surface area contributed by atoms with Crippen LogP contribution < -0.4 is 0 Å². The Bertz CT molecular complexity index is 890. The van der Waals surface area contributed by atoms with Crippen LogP contribution in [0.1, 0.15) is 46.9 Å². The van der Waals surface area contributed by atoms with E-state index in [1.54, 1.807) is 6.20 Å². The van der Waals surface area contributed by atoms with Crippen LogP contribution in [-0.4, -0.2) is 45.7 Å². The van der Waals surface area contributed by atoms with Crippen molar-refractivity contribution < 1.29 is 14.3 Å². The number of rotatable bonds is 4. The van der Waals surface area contributed by atoms with Crippen molar-refractivity contribution in [3.63, 3.8) is 0 Å². The molecule has 0 radical (unpaired) electrons. The molecule has 2 fully saturated rings. The Morgan fingerprint density at radius 1 is 1.18 bits per heavy atom. The van der Waals surface area contributed by atoms with Crippen LogP contribution in [0.4, 0.5) is 4.79 Å². The summed E-state index contributed by atoms with van der Waals surface area (Å²) in [4.78, 5) is 26.2. The number of Topliss-reactive ketones (excluding diaryl/α,β-unsaturated/α-hetero) is 1. The van der Waals surface area contributed by atoms with E-state index in [-0.39, 0.29) is 17.9 Å². The van der Waals surface area contributed by atoms with E-state index in [0.717, 1.165) is 31.5 Å². The van der Waals surface area contributed by atoms with E-state index < -0.39 is 0 Å². The molecular formula is C22H27N3O3. The van der Waals surface area contributed by atoms with E-state index in [0.29, 0.717) is 24.1 Å². The first kappa shape index (κ1) is 18.9. The molecule has 0 spiro atoms. The lowest BCUT2D eigenvalue weighted by molar-refractivity contribution is 0.0383. The molecule has 1 aliphatic carbocycles. The van der Waals surface area contributed by atoms with Crippen LogP contribution in [0.25, 0.3) is 0 Å². The number of likely N-dealkylation sites (tertiary alicyclic amines) is 1. The first-order valence-electron chi connectivity index (χ1n) is 9.94. The Kier molecular flexibility index (Phi) is 5.06. The molecule has 1 amide bonds. The predicted octanol–water partition coefficient (Wildman–Crippen LogP) is 3.60. The van der Waals surface area contributed by atoms with E-state index in [1.165, 1.54) is 22.7 Å². The van der Waals surface area contributed by atoms with Crippen LogP contribution in [0.5, 0.6) is 0 Å². The third-order valence-electron chi connectivity index (χ3n) is 5.97. The summed E-state index contributed by atoms with van der Waals surface area (Å²) < 4.78 is 7.47. The zero-order chi connectivity index (χ0) is 19.8. The zero-order valence-electron chi connectivity index (χ0n) is 16.7. The van der Waals surface area contributed by atoms with Crippen LogP contribution in [0, 0.1) is 25.7 Å². The van der Waals surface area contributed by atoms with Crippen LogP contribution in [0.3, 0.4) is 0 Å². The summed E-state index contributed by atoms with van der Waals surface area (Å²) in [6.45, 7) is 7.50. The lowest BCUT2D eigenvalue weighted by atomic mass is 10.0. The molecule has 3 atom stereocenters. The van der Waals surface area contributed by atoms with Gasteiger partial charge in [0.25, 0.3) is 0 Å². The number of carbonyl (C=O) groups is 2. The minimum absolute atomic E-state index is 0.115. The van der Waals surface area contributed by atoms with Gasteiger partial charge in [-0.2, -0.15) is 9.78 Å². The monoisotopic (exact) mass is 381 g/mol. The maximum absolute atomic E-state index is 12.8. The molecule has 4 rings (SSSR count). The number of fused-ring (bicyclic) bond motifs is 1. The average Bonchev–Trinajstić information content (AvgIpc) is 3.32. The first-order valence-corrected chi connectivity index (χ1v) is 9.94. The molecule has 2 aromatic rings. The van der Waals surface area contributed by atoms with Crippen molar-refractivity contribution in [2.75, 3.05) is 13.1 Å². The van der Waals surface area contributed by atoms with Gasteiger partial charge in [-0.25, -0.2) is 4.79 Å². The van der Waals surface area contributed by atoms with Gasteiger partial charge in [-0.1, -0.05) is 29.8 Å². The van der Waals surface area contributed by atoms with Crippen molar-refractivity contribution in [3.05, 3.63) is 52.8 Å². The van der Waals surface area contributed by atoms with E-state index >= 15 is 0 Å². The van der Waals surface area contributed by atoms with E-state index in [4.69, 9.17) is 4.74 Å². The molecule has 6 nitrogen and oxygen atoms in total. The lowest BCUT2D eigenvalue weighted by Gasteiger charge is -2.19. The van der Waals surface area contributed by atoms with Crippen LogP contribution >= 0.6 is 0 Å². The molecule has 1 saturated heterocycles. The number of aromatic nitrogens is 2. The van der Waals surface area contributed by atoms with Crippen molar-refractivity contribution in [1.82, 2.24) is 14.7 Å². The number of nitrogens with zero attached hydrogens (tertiary/aromatic N) is 3. The maximum atomic E-state index is 12.8. The van der Waals surface area contributed by atoms with Crippen molar-refractivity contribution in [2.24, 2.45) is 11.8 Å². The smallest absolute Gasteiger partial charge is 0.344 e. The summed E-state index contributed by atoms with van der Waals surface area (Å²) in [5.74, 6) is 0.849. The number of aryl methyl sites for hydroxylation is 2. The van der Waals surface area contributed by atoms with Gasteiger partial charge in [0.15, 0.2) is 5.78 Å². The molecule has 1 aliphatic heterocycles. The van der Waals surface area contributed by atoms with Gasteiger partial charge in [-0.3, -0.25) is 4.79 Å². The summed E-state index contributed by atoms with van der Waals surface area (Å²) in [6, 6.07) is 8.29. The fourth-order valence-corrected chi connectivity index (χ4v) is 4.60. The number of hydrogen-bond acceptors (Lipinski definition) is 4. The highest BCUT2D eigenvalue weighted by Crippen LogP contribution is 2.40. The standard InChI is InChI=1S/C22H27N3O3/c1-14-5-4-6-17(7-14)13-28-20-8-18-11-24(12-19(18)9-20)22(27)25-10-15(2)21(23-25)16(3)26/h4-7,10,18-20H,8-9,11-13H2,1-3H3/t18-,19+,20?. The summed E-state index contributed by atoms with van der Waals surface area (Å²) in [6.07, 6.45) is 3.92. The Morgan fingerprint density at radius 2 is 1.89 bits per heavy atom. The number of ether oxygens (including phenoxy) is 1. The van der Waals surface area contributed by atoms with Gasteiger partial charge in [0.1, 0.15) is 5.69 Å². The molecule has 6 heteroatoms. The van der Waals surface area contributed by atoms with Gasteiger partial charge < -0.3 is 9.64 Å². The molecule has 1 saturated carbocycles. The van der Waals surface area contributed by atoms with Crippen molar-refractivity contribution in [3.8, 4) is 0 Å². The van der Waals surface area contributed by atoms with Crippen LogP contribution in [-0.2, 0) is 11.3 Å². The highest BCUT2D eigenvalue weighted by atomic mass is 16.5. The molecule has 1 unspecified atom stereocenters. The Morgan fingerprint density at radius 3 is 2.50 bits per heavy atom. The van der Waals surface area contributed by atoms with E-state index in [2.05, 4.69) is 36.3 Å². The minimum atomic E-state index is -0.137. The predicted molar refractivity (Wildman–Crippen MR) is 105 cm³/mol. The molecule has 0 bridgehead atoms. The second kappa shape index (κ2) is 7.51. The van der Waals surface area contributed by atoms with Crippen molar-refractivity contribution in [1.29, 1.82) is 0 Å². The molecule has 2 heterocycles. The number of ketones is 1. The lowest BCUT2D eigenvalue weighted by Crippen LogP contribution is -2.34. The average molecular weight is 381 g/mol. The van der Waals surface area contributed by atoms with Crippen molar-refractivity contribution in [2.45, 2.75) is 46.3 Å². The van der Waals surface area contributed by atoms with Crippen molar-refractivity contribution >= 4 is 11.8 Å². The quantitative estimate of drug-likeness (QED) is 0.759. The topological polar surface area (TPSA) is 64.4 Å². The van der Waals surface area contributed by atoms with Crippen LogP contribution in [0.2, 0.25) is 0 Å². The molecule has 28 heavy (non-hydrogen) atoms. The molecule has 148 valence electrons. The third kappa shape index (κ3) is 3.74. The highest BCUT2D eigenvalue weighted by molar-refractivity contribution is 5.94. The fraction of sp³-hybridized carbons (Fsp3) is 0.500. The SMILES string of the molecule is CC(=O)c1nn(C(=O)N2C[C@H]3CC(OCc4cccc(C)c4)C[C@H]3C2)cc1C. The summed E-state index contributed by atoms with van der Waals surface area (Å²) in [7, 11) is 0. The van der Waals surface area contributed by atoms with Gasteiger partial charge in [0, 0.05) is 26.2 Å². The second-order valence-electron chi connectivity index (χ2n) is 8.26. The number of carbonyl (C=O) groups excluding carboxylic acids is 2. The molecule has 0 N–H and O–H groups in total. The van der Waals surface area contributed by atoms with Gasteiger partial charge in [-0.15, -0.1) is 0 Å². The Labute approximate surface area is 165 Å². The number of benzene rings is 1. The summed E-state index contributed by atoms with van der Waals surface area (Å²) in [5.41, 5.74) is 3.58. The summed E-state index contributed by atoms with van der Waals surface area (Å²) >= 11 is 0. The second-order valence-corrected chi connectivity index (χ2v) is 8.26. The third-order valence-corrected chi connectivity index (χ3v) is 5.97. The van der Waals surface area contributed by atoms with E-state index in [9.17, 15) is 9.59 Å². The fourth-order valence-electron chi connectivity index (χ4n) is 4.60. The van der Waals surface area contributed by atoms with Crippen LogP contribution in [0.15, 0.2) is 30.5 Å². The maximum Gasteiger partial charge on any atom is 0.344 e. The van der Waals surface area contributed by atoms with Gasteiger partial charge in [-0.05, 0) is 49.7 Å². The van der Waals surface area contributed by atoms with Gasteiger partial charge in [0.2, 0.25) is 0 Å². The normalized spacial score (nSPS) is 23.8. The molecule has 1 aromatic heterocycles. The van der Waals surface area contributed by atoms with Gasteiger partial charge in [0.05, 0.1) is 12.7 Å². The Hall–Kier alpha value is -2.47. The molecule has 2 aliphatic rings. The number of amides is 1. The molecule has 1 aromatic carbocycles. The minimum Gasteiger partial charge on any atom is -0.374 e. The first-order chi connectivity index (χ1) is 13.4. The highest BCUT2D eigenvalue weighted by Gasteiger charge is 2.43. The van der Waals surface area contributed by atoms with E-state index in [1.807, 2.05) is 11.8 Å². The summed E-state index contributed by atoms with van der Waals surface area (Å²) in [5, 5.41) is 4.18. The largest absolute Gasteiger partial charge is 0.374 e. The zero-order valence-corrected chi connectivity index (χ0v) is 16.7.